The van der Waals surface area contributed by atoms with Crippen molar-refractivity contribution in [1.29, 1.82) is 0 Å². The average Bonchev–Trinajstić information content (AvgIpc) is 3.03. The molecule has 0 saturated carbocycles. The molecule has 0 aliphatic rings. The quantitative estimate of drug-likeness (QED) is 0.210. The van der Waals surface area contributed by atoms with Crippen LogP contribution in [0.1, 0.15) is 34.5 Å². The highest BCUT2D eigenvalue weighted by Gasteiger charge is 2.13. The second-order valence-corrected chi connectivity index (χ2v) is 11.2. The Bertz CT molecular complexity index is 1680. The number of benzene rings is 1. The monoisotopic (exact) mass is 605 g/mol. The van der Waals surface area contributed by atoms with E-state index in [1.165, 1.54) is 17.2 Å². The normalized spacial score (nSPS) is 11.1. The van der Waals surface area contributed by atoms with Gasteiger partial charge in [0.2, 0.25) is 5.91 Å². The van der Waals surface area contributed by atoms with Gasteiger partial charge in [-0.25, -0.2) is 4.98 Å². The van der Waals surface area contributed by atoms with Gasteiger partial charge >= 0.3 is 0 Å². The van der Waals surface area contributed by atoms with E-state index in [9.17, 15) is 14.4 Å². The van der Waals surface area contributed by atoms with Crippen molar-refractivity contribution in [2.24, 2.45) is 0 Å². The molecule has 1 aromatic carbocycles. The van der Waals surface area contributed by atoms with Crippen LogP contribution < -0.4 is 11.1 Å². The van der Waals surface area contributed by atoms with Gasteiger partial charge in [0, 0.05) is 80.7 Å². The minimum Gasteiger partial charge on any atom is -0.383 e. The Morgan fingerprint density at radius 1 is 0.867 bits per heavy atom. The first kappa shape index (κ1) is 32.7. The molecule has 0 fully saturated rings. The topological polar surface area (TPSA) is 134 Å². The van der Waals surface area contributed by atoms with Crippen molar-refractivity contribution in [3.8, 4) is 22.4 Å². The van der Waals surface area contributed by atoms with E-state index in [0.717, 1.165) is 22.4 Å². The molecule has 0 saturated heterocycles. The summed E-state index contributed by atoms with van der Waals surface area (Å²) in [4.78, 5) is 53.9. The molecule has 0 spiro atoms. The highest BCUT2D eigenvalue weighted by molar-refractivity contribution is 5.99. The molecule has 232 valence electrons. The van der Waals surface area contributed by atoms with Gasteiger partial charge in [0.25, 0.3) is 5.91 Å². The number of nitrogen functional groups attached to an aromatic ring is 1. The zero-order chi connectivity index (χ0) is 32.3. The first-order valence-electron chi connectivity index (χ1n) is 14.7. The van der Waals surface area contributed by atoms with Crippen molar-refractivity contribution < 1.29 is 14.4 Å². The number of nitrogens with zero attached hydrogens (tertiary/aromatic N) is 5. The molecule has 3 heterocycles. The van der Waals surface area contributed by atoms with E-state index in [1.807, 2.05) is 61.5 Å². The Hall–Kier alpha value is -5.22. The highest BCUT2D eigenvalue weighted by atomic mass is 16.2. The number of aromatic nitrogens is 3. The van der Waals surface area contributed by atoms with Gasteiger partial charge in [-0.05, 0) is 80.5 Å². The zero-order valence-corrected chi connectivity index (χ0v) is 26.2. The van der Waals surface area contributed by atoms with Crippen molar-refractivity contribution in [2.75, 3.05) is 45.8 Å². The minimum absolute atomic E-state index is 0.129. The van der Waals surface area contributed by atoms with E-state index in [-0.39, 0.29) is 17.6 Å². The molecule has 0 aliphatic heterocycles. The maximum Gasteiger partial charge on any atom is 0.254 e. The van der Waals surface area contributed by atoms with E-state index in [2.05, 4.69) is 20.3 Å². The predicted molar refractivity (Wildman–Crippen MR) is 178 cm³/mol. The average molecular weight is 606 g/mol. The molecule has 0 unspecified atom stereocenters. The molecule has 2 amide bonds. The van der Waals surface area contributed by atoms with Crippen molar-refractivity contribution in [2.45, 2.75) is 25.7 Å². The van der Waals surface area contributed by atoms with Gasteiger partial charge in [-0.15, -0.1) is 0 Å². The Morgan fingerprint density at radius 2 is 1.67 bits per heavy atom. The largest absolute Gasteiger partial charge is 0.383 e. The minimum atomic E-state index is -0.186. The van der Waals surface area contributed by atoms with Gasteiger partial charge in [0.1, 0.15) is 11.6 Å². The zero-order valence-electron chi connectivity index (χ0n) is 26.2. The van der Waals surface area contributed by atoms with Crippen molar-refractivity contribution in [1.82, 2.24) is 24.8 Å². The summed E-state index contributed by atoms with van der Waals surface area (Å²) in [6.07, 6.45) is 10.2. The SMILES string of the molecule is CN(C)C/C=C/C(=O)Nc1cccc(CCC(=O)CCc2cc(-c3cnc(N)c(-c4ccc(C(=O)N(C)C)cn4)c3)ccn2)c1. The third-order valence-electron chi connectivity index (χ3n) is 7.05. The van der Waals surface area contributed by atoms with E-state index < -0.39 is 0 Å². The van der Waals surface area contributed by atoms with Crippen molar-refractivity contribution in [3.05, 3.63) is 102 Å². The first-order valence-corrected chi connectivity index (χ1v) is 14.7. The van der Waals surface area contributed by atoms with Gasteiger partial charge < -0.3 is 20.9 Å². The molecule has 10 nitrogen and oxygen atoms in total. The van der Waals surface area contributed by atoms with Crippen LogP contribution in [0.15, 0.2) is 85.3 Å². The van der Waals surface area contributed by atoms with E-state index in [1.54, 1.807) is 44.7 Å². The van der Waals surface area contributed by atoms with E-state index >= 15 is 0 Å². The van der Waals surface area contributed by atoms with Crippen LogP contribution in [0.25, 0.3) is 22.4 Å². The number of likely N-dealkylation sites (N-methyl/N-ethyl adjacent to an activating group) is 1. The number of carbonyl (C=O) groups excluding carboxylic acids is 3. The Kier molecular flexibility index (Phi) is 11.3. The van der Waals surface area contributed by atoms with Crippen LogP contribution in [0, 0.1) is 0 Å². The van der Waals surface area contributed by atoms with Crippen LogP contribution in [-0.2, 0) is 22.4 Å². The molecular weight excluding hydrogens is 566 g/mol. The number of nitrogens with one attached hydrogen (secondary N) is 1. The summed E-state index contributed by atoms with van der Waals surface area (Å²) in [6, 6.07) is 16.8. The fourth-order valence-electron chi connectivity index (χ4n) is 4.61. The number of aryl methyl sites for hydroxylation is 2. The van der Waals surface area contributed by atoms with Gasteiger partial charge in [-0.2, -0.15) is 0 Å². The van der Waals surface area contributed by atoms with Crippen LogP contribution in [0.2, 0.25) is 0 Å². The second-order valence-electron chi connectivity index (χ2n) is 11.2. The van der Waals surface area contributed by atoms with Crippen LogP contribution in [0.5, 0.6) is 0 Å². The summed E-state index contributed by atoms with van der Waals surface area (Å²) in [5.74, 6) is 0.162. The third kappa shape index (κ3) is 9.64. The first-order chi connectivity index (χ1) is 21.6. The summed E-state index contributed by atoms with van der Waals surface area (Å²) < 4.78 is 0. The molecule has 0 atom stereocenters. The third-order valence-corrected chi connectivity index (χ3v) is 7.05. The molecule has 4 rings (SSSR count). The highest BCUT2D eigenvalue weighted by Crippen LogP contribution is 2.29. The lowest BCUT2D eigenvalue weighted by Crippen LogP contribution is -2.21. The predicted octanol–water partition coefficient (Wildman–Crippen LogP) is 4.68. The number of anilines is 2. The van der Waals surface area contributed by atoms with Crippen molar-refractivity contribution >= 4 is 29.1 Å². The lowest BCUT2D eigenvalue weighted by molar-refractivity contribution is -0.119. The molecule has 3 aromatic heterocycles. The van der Waals surface area contributed by atoms with Gasteiger partial charge in [-0.1, -0.05) is 18.2 Å². The van der Waals surface area contributed by atoms with Gasteiger partial charge in [-0.3, -0.25) is 24.4 Å². The number of hydrogen-bond donors (Lipinski definition) is 2. The molecule has 4 aromatic rings. The second kappa shape index (κ2) is 15.5. The Morgan fingerprint density at radius 3 is 2.40 bits per heavy atom. The number of ketones is 1. The van der Waals surface area contributed by atoms with Crippen molar-refractivity contribution in [3.63, 3.8) is 0 Å². The molecule has 45 heavy (non-hydrogen) atoms. The summed E-state index contributed by atoms with van der Waals surface area (Å²) in [5.41, 5.74) is 12.2. The number of carbonyl (C=O) groups is 3. The fraction of sp³-hybridized carbons (Fsp3) is 0.257. The van der Waals surface area contributed by atoms with Gasteiger partial charge in [0.05, 0.1) is 11.3 Å². The molecule has 0 bridgehead atoms. The number of Topliss-reactive ketones (excluding diaryl/α,β-unsaturated/α-hetero) is 1. The molecule has 0 aliphatic carbocycles. The lowest BCUT2D eigenvalue weighted by atomic mass is 10.0. The summed E-state index contributed by atoms with van der Waals surface area (Å²) in [7, 11) is 7.26. The molecule has 10 heteroatoms. The number of nitrogens with two attached hydrogens (primary N) is 1. The van der Waals surface area contributed by atoms with Crippen LogP contribution in [-0.4, -0.2) is 77.1 Å². The van der Waals surface area contributed by atoms with Gasteiger partial charge in [0.15, 0.2) is 0 Å². The number of rotatable bonds is 13. The molecule has 3 N–H and O–H groups in total. The number of amides is 2. The van der Waals surface area contributed by atoms with Crippen LogP contribution >= 0.6 is 0 Å². The Labute approximate surface area is 264 Å². The Balaban J connectivity index is 1.34. The van der Waals surface area contributed by atoms with E-state index in [0.29, 0.717) is 60.6 Å². The standard InChI is InChI=1S/C35H39N7O3/c1-41(2)18-6-9-33(44)40-29-8-5-7-24(19-29)10-13-30(43)14-12-28-20-25(16-17-37-28)27-21-31(34(36)39-23-27)32-15-11-26(22-38-32)35(45)42(3)4/h5-9,11,15-17,19-23H,10,12-14,18H2,1-4H3,(H2,36,39)(H,40,44)/b9-6+. The smallest absolute Gasteiger partial charge is 0.254 e. The van der Waals surface area contributed by atoms with E-state index in [4.69, 9.17) is 5.73 Å². The summed E-state index contributed by atoms with van der Waals surface area (Å²) in [6.45, 7) is 0.685. The fourth-order valence-corrected chi connectivity index (χ4v) is 4.61. The number of hydrogen-bond acceptors (Lipinski definition) is 8. The number of pyridine rings is 3. The molecule has 0 radical (unpaired) electrons. The maximum atomic E-state index is 12.8. The molecular formula is C35H39N7O3. The lowest BCUT2D eigenvalue weighted by Gasteiger charge is -2.11. The summed E-state index contributed by atoms with van der Waals surface area (Å²) in [5, 5.41) is 2.87. The van der Waals surface area contributed by atoms with Crippen LogP contribution in [0.3, 0.4) is 0 Å². The maximum absolute atomic E-state index is 12.8. The summed E-state index contributed by atoms with van der Waals surface area (Å²) >= 11 is 0. The van der Waals surface area contributed by atoms with Crippen LogP contribution in [0.4, 0.5) is 11.5 Å².